The summed E-state index contributed by atoms with van der Waals surface area (Å²) in [5.41, 5.74) is 5.72. The van der Waals surface area contributed by atoms with E-state index < -0.39 is 5.60 Å². The smallest absolute Gasteiger partial charge is 0.410 e. The fourth-order valence-corrected chi connectivity index (χ4v) is 4.13. The number of fused-ring (bicyclic) bond motifs is 2. The van der Waals surface area contributed by atoms with Gasteiger partial charge in [-0.1, -0.05) is 42.5 Å². The van der Waals surface area contributed by atoms with Crippen molar-refractivity contribution in [2.24, 2.45) is 5.92 Å². The van der Waals surface area contributed by atoms with Crippen molar-refractivity contribution >= 4 is 29.6 Å². The lowest BCUT2D eigenvalue weighted by atomic mass is 9.88. The number of likely N-dealkylation sites (tertiary alicyclic amines) is 1. The van der Waals surface area contributed by atoms with Gasteiger partial charge in [-0.05, 0) is 69.2 Å². The third-order valence-corrected chi connectivity index (χ3v) is 5.63. The van der Waals surface area contributed by atoms with Gasteiger partial charge < -0.3 is 15.0 Å². The second-order valence-electron chi connectivity index (χ2n) is 9.04. The van der Waals surface area contributed by atoms with Gasteiger partial charge in [0.25, 0.3) is 0 Å². The van der Waals surface area contributed by atoms with E-state index in [1.165, 1.54) is 16.7 Å². The molecule has 0 unspecified atom stereocenters. The summed E-state index contributed by atoms with van der Waals surface area (Å²) in [5.74, 6) is 0.583. The lowest BCUT2D eigenvalue weighted by Gasteiger charge is -2.33. The number of hydrogen-bond donors (Lipinski definition) is 1. The molecule has 2 heterocycles. The van der Waals surface area contributed by atoms with Crippen molar-refractivity contribution < 1.29 is 9.53 Å². The first-order valence-corrected chi connectivity index (χ1v) is 10.5. The zero-order valence-corrected chi connectivity index (χ0v) is 17.6. The Morgan fingerprint density at radius 3 is 2.52 bits per heavy atom. The molecule has 4 rings (SSSR count). The predicted molar refractivity (Wildman–Crippen MR) is 119 cm³/mol. The highest BCUT2D eigenvalue weighted by Crippen LogP contribution is 2.34. The average molecular weight is 391 g/mol. The molecule has 0 aliphatic carbocycles. The zero-order chi connectivity index (χ0) is 20.4. The van der Waals surface area contributed by atoms with Crippen molar-refractivity contribution in [1.82, 2.24) is 4.90 Å². The highest BCUT2D eigenvalue weighted by Gasteiger charge is 2.27. The molecule has 4 nitrogen and oxygen atoms in total. The van der Waals surface area contributed by atoms with E-state index in [1.54, 1.807) is 0 Å². The van der Waals surface area contributed by atoms with E-state index in [2.05, 4.69) is 59.9 Å². The third kappa shape index (κ3) is 4.64. The van der Waals surface area contributed by atoms with Gasteiger partial charge in [-0.15, -0.1) is 0 Å². The Balaban J connectivity index is 1.43. The number of hydrogen-bond acceptors (Lipinski definition) is 3. The van der Waals surface area contributed by atoms with Crippen LogP contribution >= 0.6 is 0 Å². The maximum atomic E-state index is 12.3. The van der Waals surface area contributed by atoms with Gasteiger partial charge >= 0.3 is 6.09 Å². The molecule has 1 saturated heterocycles. The van der Waals surface area contributed by atoms with Crippen LogP contribution < -0.4 is 5.32 Å². The van der Waals surface area contributed by atoms with Crippen molar-refractivity contribution in [3.05, 3.63) is 59.2 Å². The van der Waals surface area contributed by atoms with Crippen molar-refractivity contribution in [2.45, 2.75) is 45.6 Å². The molecule has 2 aromatic carbocycles. The molecule has 0 spiro atoms. The molecule has 1 amide bonds. The van der Waals surface area contributed by atoms with Crippen molar-refractivity contribution in [3.63, 3.8) is 0 Å². The topological polar surface area (TPSA) is 41.6 Å². The van der Waals surface area contributed by atoms with Gasteiger partial charge in [0.15, 0.2) is 0 Å². The number of ether oxygens (including phenoxy) is 1. The molecule has 29 heavy (non-hydrogen) atoms. The molecule has 0 radical (unpaired) electrons. The van der Waals surface area contributed by atoms with Crippen LogP contribution in [0.2, 0.25) is 0 Å². The van der Waals surface area contributed by atoms with Gasteiger partial charge in [-0.2, -0.15) is 0 Å². The van der Waals surface area contributed by atoms with E-state index in [1.807, 2.05) is 25.7 Å². The van der Waals surface area contributed by atoms with Gasteiger partial charge in [0.05, 0.1) is 0 Å². The molecule has 2 aromatic rings. The second kappa shape index (κ2) is 7.94. The number of amides is 1. The Labute approximate surface area is 173 Å². The minimum absolute atomic E-state index is 0.186. The molecule has 0 saturated carbocycles. The Morgan fingerprint density at radius 1 is 1.03 bits per heavy atom. The molecular weight excluding hydrogens is 360 g/mol. The van der Waals surface area contributed by atoms with Crippen LogP contribution in [0.3, 0.4) is 0 Å². The second-order valence-corrected chi connectivity index (χ2v) is 9.04. The fourth-order valence-electron chi connectivity index (χ4n) is 4.13. The SMILES string of the molecule is CC(C)(C)OC(=O)N1CCC(Cc2cccc3c2C=Cc2ccccc2N3)CC1. The molecular formula is C25H30N2O2. The van der Waals surface area contributed by atoms with Crippen molar-refractivity contribution in [1.29, 1.82) is 0 Å². The number of carbonyl (C=O) groups is 1. The number of rotatable bonds is 2. The Hall–Kier alpha value is -2.75. The monoisotopic (exact) mass is 390 g/mol. The third-order valence-electron chi connectivity index (χ3n) is 5.63. The summed E-state index contributed by atoms with van der Waals surface area (Å²) in [4.78, 5) is 14.2. The molecule has 0 aromatic heterocycles. The Morgan fingerprint density at radius 2 is 1.76 bits per heavy atom. The Kier molecular flexibility index (Phi) is 5.35. The largest absolute Gasteiger partial charge is 0.444 e. The normalized spacial score (nSPS) is 16.4. The molecule has 0 bridgehead atoms. The zero-order valence-electron chi connectivity index (χ0n) is 17.6. The first-order valence-electron chi connectivity index (χ1n) is 10.5. The number of para-hydroxylation sites is 1. The summed E-state index contributed by atoms with van der Waals surface area (Å²) >= 11 is 0. The van der Waals surface area contributed by atoms with Crippen LogP contribution in [0.4, 0.5) is 16.2 Å². The summed E-state index contributed by atoms with van der Waals surface area (Å²) in [5, 5.41) is 3.59. The Bertz CT molecular complexity index is 919. The maximum absolute atomic E-state index is 12.3. The van der Waals surface area contributed by atoms with Crippen LogP contribution in [-0.2, 0) is 11.2 Å². The molecule has 1 N–H and O–H groups in total. The summed E-state index contributed by atoms with van der Waals surface area (Å²) in [7, 11) is 0. The van der Waals surface area contributed by atoms with Gasteiger partial charge in [0.1, 0.15) is 5.60 Å². The summed E-state index contributed by atoms with van der Waals surface area (Å²) in [6.45, 7) is 7.29. The molecule has 1 fully saturated rings. The van der Waals surface area contributed by atoms with Crippen LogP contribution in [0.15, 0.2) is 42.5 Å². The lowest BCUT2D eigenvalue weighted by Crippen LogP contribution is -2.42. The van der Waals surface area contributed by atoms with Crippen LogP contribution in [0.1, 0.15) is 50.3 Å². The standard InChI is InChI=1S/C25H30N2O2/c1-25(2,3)29-24(28)27-15-13-18(14-16-27)17-20-8-6-10-23-21(20)12-11-19-7-4-5-9-22(19)26-23/h4-12,18,26H,13-17H2,1-3H3. The van der Waals surface area contributed by atoms with E-state index in [-0.39, 0.29) is 6.09 Å². The van der Waals surface area contributed by atoms with Gasteiger partial charge in [0.2, 0.25) is 0 Å². The van der Waals surface area contributed by atoms with Crippen LogP contribution in [0.5, 0.6) is 0 Å². The minimum atomic E-state index is -0.438. The molecule has 152 valence electrons. The first-order chi connectivity index (χ1) is 13.9. The summed E-state index contributed by atoms with van der Waals surface area (Å²) in [6.07, 6.45) is 7.31. The van der Waals surface area contributed by atoms with Crippen LogP contribution in [-0.4, -0.2) is 29.7 Å². The number of benzene rings is 2. The predicted octanol–water partition coefficient (Wildman–Crippen LogP) is 6.10. The highest BCUT2D eigenvalue weighted by atomic mass is 16.6. The van der Waals surface area contributed by atoms with E-state index in [0.29, 0.717) is 5.92 Å². The number of piperidine rings is 1. The van der Waals surface area contributed by atoms with E-state index in [9.17, 15) is 4.79 Å². The lowest BCUT2D eigenvalue weighted by molar-refractivity contribution is 0.0184. The highest BCUT2D eigenvalue weighted by molar-refractivity contribution is 5.88. The number of nitrogens with zero attached hydrogens (tertiary/aromatic N) is 1. The number of anilines is 2. The van der Waals surface area contributed by atoms with Crippen molar-refractivity contribution in [3.8, 4) is 0 Å². The van der Waals surface area contributed by atoms with Crippen LogP contribution in [0.25, 0.3) is 12.2 Å². The number of nitrogens with one attached hydrogen (secondary N) is 1. The van der Waals surface area contributed by atoms with E-state index in [4.69, 9.17) is 4.74 Å². The first kappa shape index (κ1) is 19.6. The average Bonchev–Trinajstić information content (AvgIpc) is 2.87. The van der Waals surface area contributed by atoms with Gasteiger partial charge in [0, 0.05) is 30.0 Å². The maximum Gasteiger partial charge on any atom is 0.410 e. The molecule has 4 heteroatoms. The molecule has 2 aliphatic rings. The minimum Gasteiger partial charge on any atom is -0.444 e. The van der Waals surface area contributed by atoms with Gasteiger partial charge in [-0.25, -0.2) is 4.79 Å². The van der Waals surface area contributed by atoms with Gasteiger partial charge in [-0.3, -0.25) is 0 Å². The summed E-state index contributed by atoms with van der Waals surface area (Å²) < 4.78 is 5.52. The van der Waals surface area contributed by atoms with E-state index in [0.717, 1.165) is 43.7 Å². The van der Waals surface area contributed by atoms with Crippen LogP contribution in [0, 0.1) is 5.92 Å². The molecule has 0 atom stereocenters. The molecule has 2 aliphatic heterocycles. The van der Waals surface area contributed by atoms with E-state index >= 15 is 0 Å². The van der Waals surface area contributed by atoms with Crippen molar-refractivity contribution in [2.75, 3.05) is 18.4 Å². The fraction of sp³-hybridized carbons (Fsp3) is 0.400. The summed E-state index contributed by atoms with van der Waals surface area (Å²) in [6, 6.07) is 14.9. The quantitative estimate of drug-likeness (QED) is 0.574. The number of carbonyl (C=O) groups excluding carboxylic acids is 1.